The van der Waals surface area contributed by atoms with Gasteiger partial charge in [-0.2, -0.15) is 0 Å². The van der Waals surface area contributed by atoms with Crippen molar-refractivity contribution < 1.29 is 9.84 Å². The number of anilines is 2. The monoisotopic (exact) mass is 336 g/mol. The van der Waals surface area contributed by atoms with E-state index in [9.17, 15) is 5.11 Å². The molecular formula is C21H24N2O2. The summed E-state index contributed by atoms with van der Waals surface area (Å²) in [6, 6.07) is 14.0. The predicted molar refractivity (Wildman–Crippen MR) is 103 cm³/mol. The van der Waals surface area contributed by atoms with Crippen molar-refractivity contribution in [2.75, 3.05) is 12.4 Å². The largest absolute Gasteiger partial charge is 0.494 e. The summed E-state index contributed by atoms with van der Waals surface area (Å²) < 4.78 is 5.45. The van der Waals surface area contributed by atoms with Gasteiger partial charge in [0.05, 0.1) is 18.9 Å². The molecule has 3 rings (SSSR count). The lowest BCUT2D eigenvalue weighted by molar-refractivity contribution is 0.167. The number of aliphatic hydroxyl groups excluding tert-OH is 1. The fraction of sp³-hybridized carbons (Fsp3) is 0.286. The number of para-hydroxylation sites is 2. The molecule has 0 saturated carbocycles. The molecular weight excluding hydrogens is 312 g/mol. The van der Waals surface area contributed by atoms with E-state index in [0.717, 1.165) is 45.6 Å². The van der Waals surface area contributed by atoms with Crippen LogP contribution in [0.4, 0.5) is 11.4 Å². The number of aliphatic hydroxyl groups is 1. The van der Waals surface area contributed by atoms with Gasteiger partial charge in [0.15, 0.2) is 0 Å². The molecule has 0 aliphatic rings. The number of rotatable bonds is 6. The van der Waals surface area contributed by atoms with Crippen molar-refractivity contribution in [3.05, 3.63) is 59.8 Å². The summed E-state index contributed by atoms with van der Waals surface area (Å²) in [7, 11) is 1.64. The number of fused-ring (bicyclic) bond motifs is 1. The van der Waals surface area contributed by atoms with Crippen LogP contribution in [0.25, 0.3) is 10.9 Å². The smallest absolute Gasteiger partial charge is 0.145 e. The van der Waals surface area contributed by atoms with E-state index in [0.29, 0.717) is 6.42 Å². The number of hydrogen-bond acceptors (Lipinski definition) is 4. The minimum absolute atomic E-state index is 0.556. The molecule has 0 amide bonds. The number of hydrogen-bond donors (Lipinski definition) is 2. The molecule has 2 N–H and O–H groups in total. The maximum atomic E-state index is 10.6. The molecule has 4 nitrogen and oxygen atoms in total. The number of nitrogens with zero attached hydrogens (tertiary/aromatic N) is 1. The molecule has 2 aromatic carbocycles. The van der Waals surface area contributed by atoms with Gasteiger partial charge in [-0.05, 0) is 31.0 Å². The van der Waals surface area contributed by atoms with Crippen molar-refractivity contribution in [2.24, 2.45) is 0 Å². The van der Waals surface area contributed by atoms with Crippen LogP contribution in [0.2, 0.25) is 0 Å². The molecule has 1 atom stereocenters. The molecule has 0 spiro atoms. The van der Waals surface area contributed by atoms with Gasteiger partial charge in [-0.3, -0.25) is 4.98 Å². The first kappa shape index (κ1) is 17.2. The molecule has 0 saturated heterocycles. The average Bonchev–Trinajstić information content (AvgIpc) is 2.63. The fourth-order valence-electron chi connectivity index (χ4n) is 3.05. The van der Waals surface area contributed by atoms with Gasteiger partial charge in [0.2, 0.25) is 0 Å². The van der Waals surface area contributed by atoms with Gasteiger partial charge in [0.1, 0.15) is 11.3 Å². The first-order chi connectivity index (χ1) is 12.2. The number of methoxy groups -OCH3 is 1. The quantitative estimate of drug-likeness (QED) is 0.655. The highest BCUT2D eigenvalue weighted by Crippen LogP contribution is 2.37. The first-order valence-corrected chi connectivity index (χ1v) is 8.62. The fourth-order valence-corrected chi connectivity index (χ4v) is 3.05. The summed E-state index contributed by atoms with van der Waals surface area (Å²) in [5, 5.41) is 15.1. The lowest BCUT2D eigenvalue weighted by atomic mass is 10.0. The van der Waals surface area contributed by atoms with Crippen molar-refractivity contribution in [3.8, 4) is 5.75 Å². The second-order valence-corrected chi connectivity index (χ2v) is 6.19. The predicted octanol–water partition coefficient (Wildman–Crippen LogP) is 5.13. The van der Waals surface area contributed by atoms with Gasteiger partial charge >= 0.3 is 0 Å². The van der Waals surface area contributed by atoms with E-state index in [1.54, 1.807) is 13.3 Å². The van der Waals surface area contributed by atoms with E-state index in [1.165, 1.54) is 0 Å². The summed E-state index contributed by atoms with van der Waals surface area (Å²) in [6.07, 6.45) is 2.80. The van der Waals surface area contributed by atoms with Crippen LogP contribution >= 0.6 is 0 Å². The summed E-state index contributed by atoms with van der Waals surface area (Å²) in [5.74, 6) is 0.724. The van der Waals surface area contributed by atoms with Crippen molar-refractivity contribution in [2.45, 2.75) is 32.8 Å². The highest BCUT2D eigenvalue weighted by molar-refractivity contribution is 5.98. The maximum Gasteiger partial charge on any atom is 0.145 e. The van der Waals surface area contributed by atoms with Crippen molar-refractivity contribution in [1.82, 2.24) is 4.98 Å². The van der Waals surface area contributed by atoms with E-state index in [1.807, 2.05) is 36.4 Å². The lowest BCUT2D eigenvalue weighted by Gasteiger charge is -2.20. The minimum Gasteiger partial charge on any atom is -0.494 e. The number of ether oxygens (including phenoxy) is 1. The van der Waals surface area contributed by atoms with Crippen LogP contribution in [0.1, 0.15) is 37.0 Å². The molecule has 25 heavy (non-hydrogen) atoms. The van der Waals surface area contributed by atoms with Crippen molar-refractivity contribution >= 4 is 22.3 Å². The van der Waals surface area contributed by atoms with Crippen molar-refractivity contribution in [1.29, 1.82) is 0 Å². The van der Waals surface area contributed by atoms with E-state index >= 15 is 0 Å². The third-order valence-corrected chi connectivity index (χ3v) is 4.44. The van der Waals surface area contributed by atoms with Crippen LogP contribution in [0.3, 0.4) is 0 Å². The Kier molecular flexibility index (Phi) is 5.19. The number of pyridine rings is 1. The van der Waals surface area contributed by atoms with E-state index in [-0.39, 0.29) is 0 Å². The molecule has 0 bridgehead atoms. The van der Waals surface area contributed by atoms with Crippen LogP contribution in [-0.4, -0.2) is 17.2 Å². The van der Waals surface area contributed by atoms with Gasteiger partial charge in [-0.25, -0.2) is 0 Å². The van der Waals surface area contributed by atoms with E-state index < -0.39 is 6.10 Å². The molecule has 4 heteroatoms. The molecule has 0 aliphatic carbocycles. The number of aryl methyl sites for hydroxylation is 1. The van der Waals surface area contributed by atoms with Gasteiger partial charge in [0.25, 0.3) is 0 Å². The normalized spacial score (nSPS) is 12.2. The van der Waals surface area contributed by atoms with Crippen LogP contribution in [0, 0.1) is 6.92 Å². The zero-order valence-electron chi connectivity index (χ0n) is 14.9. The topological polar surface area (TPSA) is 54.4 Å². The Balaban J connectivity index is 2.20. The second-order valence-electron chi connectivity index (χ2n) is 6.19. The summed E-state index contributed by atoms with van der Waals surface area (Å²) in [5.41, 5.74) is 4.65. The standard InChI is InChI=1S/C21H24N2O2/c1-4-8-18(24)16-13-22-21-15(10-7-12-19(21)25-3)20(16)23-17-11-6-5-9-14(17)2/h5-7,9-13,18,24H,4,8H2,1-3H3,(H,22,23). The molecule has 1 unspecified atom stereocenters. The Morgan fingerprint density at radius 2 is 1.96 bits per heavy atom. The zero-order chi connectivity index (χ0) is 17.8. The van der Waals surface area contributed by atoms with Crippen LogP contribution in [0.5, 0.6) is 5.75 Å². The molecule has 1 heterocycles. The van der Waals surface area contributed by atoms with Crippen LogP contribution in [-0.2, 0) is 0 Å². The summed E-state index contributed by atoms with van der Waals surface area (Å²) in [6.45, 7) is 4.13. The minimum atomic E-state index is -0.556. The highest BCUT2D eigenvalue weighted by Gasteiger charge is 2.18. The Morgan fingerprint density at radius 1 is 1.16 bits per heavy atom. The Hall–Kier alpha value is -2.59. The molecule has 0 radical (unpaired) electrons. The van der Waals surface area contributed by atoms with Crippen molar-refractivity contribution in [3.63, 3.8) is 0 Å². The second kappa shape index (κ2) is 7.53. The van der Waals surface area contributed by atoms with Crippen LogP contribution < -0.4 is 10.1 Å². The lowest BCUT2D eigenvalue weighted by Crippen LogP contribution is -2.05. The Bertz CT molecular complexity index is 877. The highest BCUT2D eigenvalue weighted by atomic mass is 16.5. The Morgan fingerprint density at radius 3 is 2.68 bits per heavy atom. The first-order valence-electron chi connectivity index (χ1n) is 8.62. The van der Waals surface area contributed by atoms with Gasteiger partial charge < -0.3 is 15.2 Å². The molecule has 3 aromatic rings. The van der Waals surface area contributed by atoms with Gasteiger partial charge in [-0.15, -0.1) is 0 Å². The summed E-state index contributed by atoms with van der Waals surface area (Å²) >= 11 is 0. The van der Waals surface area contributed by atoms with Gasteiger partial charge in [0, 0.05) is 22.8 Å². The third-order valence-electron chi connectivity index (χ3n) is 4.44. The zero-order valence-corrected chi connectivity index (χ0v) is 14.9. The number of aromatic nitrogens is 1. The molecule has 1 aromatic heterocycles. The molecule has 0 fully saturated rings. The van der Waals surface area contributed by atoms with E-state index in [2.05, 4.69) is 30.2 Å². The Labute approximate surface area is 148 Å². The van der Waals surface area contributed by atoms with Crippen LogP contribution in [0.15, 0.2) is 48.7 Å². The summed E-state index contributed by atoms with van der Waals surface area (Å²) in [4.78, 5) is 4.55. The van der Waals surface area contributed by atoms with Gasteiger partial charge in [-0.1, -0.05) is 43.7 Å². The third kappa shape index (κ3) is 3.44. The SMILES string of the molecule is CCCC(O)c1cnc2c(OC)cccc2c1Nc1ccccc1C. The average molecular weight is 336 g/mol. The molecule has 130 valence electrons. The number of nitrogens with one attached hydrogen (secondary N) is 1. The maximum absolute atomic E-state index is 10.6. The van der Waals surface area contributed by atoms with E-state index in [4.69, 9.17) is 4.74 Å². The molecule has 0 aliphatic heterocycles. The number of benzene rings is 2.